The van der Waals surface area contributed by atoms with Crippen LogP contribution in [0.25, 0.3) is 11.3 Å². The number of hydrogen-bond acceptors (Lipinski definition) is 4. The van der Waals surface area contributed by atoms with Crippen LogP contribution >= 0.6 is 0 Å². The topological polar surface area (TPSA) is 61.0 Å². The zero-order valence-electron chi connectivity index (χ0n) is 10.7. The predicted molar refractivity (Wildman–Crippen MR) is 71.3 cm³/mol. The minimum atomic E-state index is 0.364. The lowest BCUT2D eigenvalue weighted by molar-refractivity contribution is 0.416. The Morgan fingerprint density at radius 3 is 2.67 bits per heavy atom. The van der Waals surface area contributed by atoms with E-state index in [2.05, 4.69) is 29.0 Å². The Labute approximate surface area is 107 Å². The van der Waals surface area contributed by atoms with Crippen LogP contribution in [0.5, 0.6) is 5.75 Å². The van der Waals surface area contributed by atoms with Crippen LogP contribution in [0, 0.1) is 0 Å². The molecule has 4 nitrogen and oxygen atoms in total. The van der Waals surface area contributed by atoms with Gasteiger partial charge in [0.05, 0.1) is 18.5 Å². The van der Waals surface area contributed by atoms with E-state index in [4.69, 9.17) is 10.5 Å². The van der Waals surface area contributed by atoms with Crippen LogP contribution in [0.4, 0.5) is 0 Å². The molecule has 2 aromatic rings. The van der Waals surface area contributed by atoms with Gasteiger partial charge in [-0.3, -0.25) is 9.97 Å². The summed E-state index contributed by atoms with van der Waals surface area (Å²) in [6.45, 7) is 2.48. The average molecular weight is 243 g/mol. The highest BCUT2D eigenvalue weighted by Crippen LogP contribution is 2.31. The Morgan fingerprint density at radius 2 is 2.00 bits per heavy atom. The van der Waals surface area contributed by atoms with E-state index in [-0.39, 0.29) is 0 Å². The number of aryl methyl sites for hydroxylation is 1. The molecule has 1 heterocycles. The van der Waals surface area contributed by atoms with Crippen molar-refractivity contribution in [1.29, 1.82) is 0 Å². The average Bonchev–Trinajstić information content (AvgIpc) is 2.46. The second kappa shape index (κ2) is 5.60. The van der Waals surface area contributed by atoms with Gasteiger partial charge in [-0.05, 0) is 24.1 Å². The minimum Gasteiger partial charge on any atom is -0.496 e. The van der Waals surface area contributed by atoms with Gasteiger partial charge in [-0.2, -0.15) is 0 Å². The third kappa shape index (κ3) is 2.33. The lowest BCUT2D eigenvalue weighted by Gasteiger charge is -2.11. The fourth-order valence-corrected chi connectivity index (χ4v) is 1.90. The fraction of sp³-hybridized carbons (Fsp3) is 0.286. The van der Waals surface area contributed by atoms with Crippen molar-refractivity contribution in [2.75, 3.05) is 7.11 Å². The van der Waals surface area contributed by atoms with Crippen LogP contribution < -0.4 is 10.5 Å². The summed E-state index contributed by atoms with van der Waals surface area (Å²) in [6, 6.07) is 6.10. The fourth-order valence-electron chi connectivity index (χ4n) is 1.90. The normalized spacial score (nSPS) is 10.4. The first-order valence-corrected chi connectivity index (χ1v) is 5.97. The Morgan fingerprint density at radius 1 is 1.22 bits per heavy atom. The number of hydrogen-bond donors (Lipinski definition) is 1. The van der Waals surface area contributed by atoms with Crippen molar-refractivity contribution in [1.82, 2.24) is 9.97 Å². The molecule has 0 spiro atoms. The maximum Gasteiger partial charge on any atom is 0.128 e. The largest absolute Gasteiger partial charge is 0.496 e. The van der Waals surface area contributed by atoms with Crippen LogP contribution in [-0.4, -0.2) is 17.1 Å². The molecule has 0 radical (unpaired) electrons. The molecule has 1 aromatic carbocycles. The summed E-state index contributed by atoms with van der Waals surface area (Å²) >= 11 is 0. The van der Waals surface area contributed by atoms with Gasteiger partial charge in [-0.15, -0.1) is 0 Å². The van der Waals surface area contributed by atoms with Crippen LogP contribution in [0.15, 0.2) is 30.6 Å². The Hall–Kier alpha value is -1.94. The van der Waals surface area contributed by atoms with E-state index in [1.54, 1.807) is 19.5 Å². The van der Waals surface area contributed by atoms with Gasteiger partial charge in [0, 0.05) is 24.5 Å². The highest BCUT2D eigenvalue weighted by molar-refractivity contribution is 5.69. The summed E-state index contributed by atoms with van der Waals surface area (Å²) < 4.78 is 5.39. The molecule has 0 saturated carbocycles. The zero-order valence-corrected chi connectivity index (χ0v) is 10.7. The molecule has 2 N–H and O–H groups in total. The smallest absolute Gasteiger partial charge is 0.128 e. The summed E-state index contributed by atoms with van der Waals surface area (Å²) in [5.74, 6) is 0.794. The van der Waals surface area contributed by atoms with Crippen LogP contribution in [0.1, 0.15) is 18.2 Å². The van der Waals surface area contributed by atoms with Crippen LogP contribution in [0.2, 0.25) is 0 Å². The molecule has 0 saturated heterocycles. The van der Waals surface area contributed by atoms with Gasteiger partial charge >= 0.3 is 0 Å². The predicted octanol–water partition coefficient (Wildman–Crippen LogP) is 2.17. The lowest BCUT2D eigenvalue weighted by Crippen LogP contribution is -2.04. The number of methoxy groups -OCH3 is 1. The van der Waals surface area contributed by atoms with E-state index >= 15 is 0 Å². The highest BCUT2D eigenvalue weighted by Gasteiger charge is 2.12. The van der Waals surface area contributed by atoms with Gasteiger partial charge in [0.1, 0.15) is 5.75 Å². The molecule has 18 heavy (non-hydrogen) atoms. The molecule has 4 heteroatoms. The lowest BCUT2D eigenvalue weighted by atomic mass is 10.0. The molecular weight excluding hydrogens is 226 g/mol. The number of nitrogens with zero attached hydrogens (tertiary/aromatic N) is 2. The molecular formula is C14H17N3O. The first kappa shape index (κ1) is 12.5. The summed E-state index contributed by atoms with van der Waals surface area (Å²) in [5, 5.41) is 0. The van der Waals surface area contributed by atoms with Crippen molar-refractivity contribution in [2.24, 2.45) is 5.73 Å². The Kier molecular flexibility index (Phi) is 3.89. The summed E-state index contributed by atoms with van der Waals surface area (Å²) in [4.78, 5) is 8.64. The van der Waals surface area contributed by atoms with Gasteiger partial charge in [-0.1, -0.05) is 13.0 Å². The van der Waals surface area contributed by atoms with Gasteiger partial charge in [0.25, 0.3) is 0 Å². The number of nitrogens with two attached hydrogens (primary N) is 1. The number of aromatic nitrogens is 2. The van der Waals surface area contributed by atoms with Gasteiger partial charge in [-0.25, -0.2) is 0 Å². The van der Waals surface area contributed by atoms with Crippen LogP contribution in [0.3, 0.4) is 0 Å². The van der Waals surface area contributed by atoms with E-state index in [1.165, 1.54) is 5.56 Å². The third-order valence-electron chi connectivity index (χ3n) is 2.89. The van der Waals surface area contributed by atoms with Gasteiger partial charge in [0.15, 0.2) is 0 Å². The van der Waals surface area contributed by atoms with E-state index in [0.717, 1.165) is 29.1 Å². The maximum absolute atomic E-state index is 5.71. The molecule has 0 unspecified atom stereocenters. The standard InChI is InChI=1S/C14H17N3O/c1-3-10-4-5-13(18-2)11(8-10)14-12(9-15)16-6-7-17-14/h4-8H,3,9,15H2,1-2H3. The van der Waals surface area contributed by atoms with Crippen molar-refractivity contribution in [2.45, 2.75) is 19.9 Å². The second-order valence-electron chi connectivity index (χ2n) is 3.94. The Bertz CT molecular complexity index is 540. The van der Waals surface area contributed by atoms with E-state index in [9.17, 15) is 0 Å². The highest BCUT2D eigenvalue weighted by atomic mass is 16.5. The van der Waals surface area contributed by atoms with Crippen molar-refractivity contribution in [3.05, 3.63) is 41.9 Å². The summed E-state index contributed by atoms with van der Waals surface area (Å²) in [6.07, 6.45) is 4.30. The van der Waals surface area contributed by atoms with Crippen molar-refractivity contribution in [3.63, 3.8) is 0 Å². The van der Waals surface area contributed by atoms with Crippen molar-refractivity contribution >= 4 is 0 Å². The van der Waals surface area contributed by atoms with Crippen LogP contribution in [-0.2, 0) is 13.0 Å². The SMILES string of the molecule is CCc1ccc(OC)c(-c2nccnc2CN)c1. The van der Waals surface area contributed by atoms with Gasteiger partial charge < -0.3 is 10.5 Å². The molecule has 0 fully saturated rings. The summed E-state index contributed by atoms with van der Waals surface area (Å²) in [5.41, 5.74) is 9.47. The molecule has 0 amide bonds. The number of benzene rings is 1. The molecule has 2 rings (SSSR count). The van der Waals surface area contributed by atoms with E-state index < -0.39 is 0 Å². The monoisotopic (exact) mass is 243 g/mol. The summed E-state index contributed by atoms with van der Waals surface area (Å²) in [7, 11) is 1.66. The maximum atomic E-state index is 5.71. The molecule has 1 aromatic heterocycles. The zero-order chi connectivity index (χ0) is 13.0. The molecule has 94 valence electrons. The molecule has 0 atom stereocenters. The number of rotatable bonds is 4. The third-order valence-corrected chi connectivity index (χ3v) is 2.89. The Balaban J connectivity index is 2.60. The quantitative estimate of drug-likeness (QED) is 0.894. The first-order chi connectivity index (χ1) is 8.80. The van der Waals surface area contributed by atoms with Crippen molar-refractivity contribution < 1.29 is 4.74 Å². The van der Waals surface area contributed by atoms with Crippen molar-refractivity contribution in [3.8, 4) is 17.0 Å². The molecule has 0 aliphatic rings. The van der Waals surface area contributed by atoms with Gasteiger partial charge in [0.2, 0.25) is 0 Å². The minimum absolute atomic E-state index is 0.364. The first-order valence-electron chi connectivity index (χ1n) is 5.97. The second-order valence-corrected chi connectivity index (χ2v) is 3.94. The molecule has 0 aliphatic carbocycles. The number of ether oxygens (including phenoxy) is 1. The van der Waals surface area contributed by atoms with E-state index in [0.29, 0.717) is 6.54 Å². The van der Waals surface area contributed by atoms with E-state index in [1.807, 2.05) is 6.07 Å². The molecule has 0 bridgehead atoms. The molecule has 0 aliphatic heterocycles.